The molecule has 1 aliphatic heterocycles. The fourth-order valence-corrected chi connectivity index (χ4v) is 5.42. The van der Waals surface area contributed by atoms with Crippen LogP contribution in [0.1, 0.15) is 72.0 Å². The van der Waals surface area contributed by atoms with E-state index in [2.05, 4.69) is 10.3 Å². The van der Waals surface area contributed by atoms with Crippen molar-refractivity contribution >= 4 is 16.9 Å². The molecule has 5 nitrogen and oxygen atoms in total. The van der Waals surface area contributed by atoms with Gasteiger partial charge in [0.25, 0.3) is 0 Å². The van der Waals surface area contributed by atoms with Crippen molar-refractivity contribution in [1.82, 2.24) is 10.3 Å². The number of aromatic amines is 1. The van der Waals surface area contributed by atoms with Gasteiger partial charge in [0.2, 0.25) is 0 Å². The zero-order chi connectivity index (χ0) is 23.9. The van der Waals surface area contributed by atoms with Crippen molar-refractivity contribution in [2.45, 2.75) is 63.3 Å². The fourth-order valence-electron chi connectivity index (χ4n) is 5.42. The van der Waals surface area contributed by atoms with Crippen molar-refractivity contribution in [3.05, 3.63) is 64.3 Å². The zero-order valence-corrected chi connectivity index (χ0v) is 18.7. The van der Waals surface area contributed by atoms with Gasteiger partial charge in [0.15, 0.2) is 0 Å². The van der Waals surface area contributed by atoms with Gasteiger partial charge in [0.1, 0.15) is 12.4 Å². The molecule has 34 heavy (non-hydrogen) atoms. The van der Waals surface area contributed by atoms with E-state index < -0.39 is 17.7 Å². The van der Waals surface area contributed by atoms with Crippen LogP contribution >= 0.6 is 0 Å². The number of nitrogens with one attached hydrogen (secondary N) is 2. The first-order valence-corrected chi connectivity index (χ1v) is 11.7. The maximum absolute atomic E-state index is 13.8. The molecule has 0 unspecified atom stereocenters. The van der Waals surface area contributed by atoms with Gasteiger partial charge in [-0.15, -0.1) is 0 Å². The summed E-state index contributed by atoms with van der Waals surface area (Å²) < 4.78 is 47.2. The molecule has 0 bridgehead atoms. The molecule has 8 heteroatoms. The maximum atomic E-state index is 13.8. The number of aliphatic carboxylic acids is 1. The summed E-state index contributed by atoms with van der Waals surface area (Å²) in [5.74, 6) is -0.325. The minimum absolute atomic E-state index is 0.0123. The van der Waals surface area contributed by atoms with Crippen LogP contribution in [0.15, 0.2) is 36.4 Å². The van der Waals surface area contributed by atoms with Crippen molar-refractivity contribution in [3.63, 3.8) is 0 Å². The highest BCUT2D eigenvalue weighted by atomic mass is 19.4. The highest BCUT2D eigenvalue weighted by molar-refractivity contribution is 5.86. The van der Waals surface area contributed by atoms with Gasteiger partial charge in [-0.25, -0.2) is 0 Å². The molecule has 0 spiro atoms. The van der Waals surface area contributed by atoms with E-state index in [1.54, 1.807) is 18.2 Å². The molecule has 5 rings (SSSR count). The molecule has 3 N–H and O–H groups in total. The van der Waals surface area contributed by atoms with Crippen LogP contribution < -0.4 is 10.1 Å². The Labute approximate surface area is 195 Å². The van der Waals surface area contributed by atoms with Gasteiger partial charge in [-0.05, 0) is 72.7 Å². The van der Waals surface area contributed by atoms with Crippen molar-refractivity contribution in [2.24, 2.45) is 0 Å². The number of rotatable bonds is 6. The molecule has 1 aromatic heterocycles. The first kappa shape index (κ1) is 22.8. The number of hydrogen-bond donors (Lipinski definition) is 3. The van der Waals surface area contributed by atoms with E-state index in [4.69, 9.17) is 4.74 Å². The van der Waals surface area contributed by atoms with E-state index in [1.165, 1.54) is 6.07 Å². The van der Waals surface area contributed by atoms with Crippen molar-refractivity contribution in [2.75, 3.05) is 6.54 Å². The van der Waals surface area contributed by atoms with Crippen LogP contribution in [0, 0.1) is 0 Å². The average Bonchev–Trinajstić information content (AvgIpc) is 3.45. The third-order valence-corrected chi connectivity index (χ3v) is 7.03. The van der Waals surface area contributed by atoms with E-state index in [-0.39, 0.29) is 25.0 Å². The van der Waals surface area contributed by atoms with E-state index in [0.29, 0.717) is 23.4 Å². The molecule has 3 aromatic rings. The van der Waals surface area contributed by atoms with Crippen LogP contribution in [0.3, 0.4) is 0 Å². The number of carboxylic acids is 1. The van der Waals surface area contributed by atoms with Gasteiger partial charge < -0.3 is 20.1 Å². The van der Waals surface area contributed by atoms with Crippen LogP contribution in [0.5, 0.6) is 5.75 Å². The van der Waals surface area contributed by atoms with Crippen LogP contribution in [0.4, 0.5) is 13.2 Å². The Morgan fingerprint density at radius 3 is 2.65 bits per heavy atom. The second kappa shape index (κ2) is 8.98. The molecule has 2 aromatic carbocycles. The minimum Gasteiger partial charge on any atom is -0.489 e. The predicted octanol–water partition coefficient (Wildman–Crippen LogP) is 6.08. The Bertz CT molecular complexity index is 1210. The van der Waals surface area contributed by atoms with Crippen molar-refractivity contribution in [1.29, 1.82) is 0 Å². The summed E-state index contributed by atoms with van der Waals surface area (Å²) >= 11 is 0. The van der Waals surface area contributed by atoms with Crippen molar-refractivity contribution in [3.8, 4) is 5.75 Å². The van der Waals surface area contributed by atoms with Gasteiger partial charge in [-0.1, -0.05) is 25.0 Å². The summed E-state index contributed by atoms with van der Waals surface area (Å²) in [7, 11) is 0. The monoisotopic (exact) mass is 472 g/mol. The van der Waals surface area contributed by atoms with Gasteiger partial charge in [0.05, 0.1) is 18.0 Å². The highest BCUT2D eigenvalue weighted by Crippen LogP contribution is 2.42. The van der Waals surface area contributed by atoms with Crippen LogP contribution in [0.25, 0.3) is 10.9 Å². The topological polar surface area (TPSA) is 74.4 Å². The molecule has 1 saturated carbocycles. The summed E-state index contributed by atoms with van der Waals surface area (Å²) in [6, 6.07) is 9.84. The van der Waals surface area contributed by atoms with Crippen LogP contribution in [0.2, 0.25) is 0 Å². The van der Waals surface area contributed by atoms with E-state index in [1.807, 2.05) is 12.1 Å². The summed E-state index contributed by atoms with van der Waals surface area (Å²) in [6.45, 7) is 0.714. The lowest BCUT2D eigenvalue weighted by molar-refractivity contribution is -0.139. The molecule has 180 valence electrons. The molecule has 0 saturated heterocycles. The second-order valence-corrected chi connectivity index (χ2v) is 9.27. The number of carbonyl (C=O) groups is 1. The first-order chi connectivity index (χ1) is 16.3. The fraction of sp³-hybridized carbons (Fsp3) is 0.423. The van der Waals surface area contributed by atoms with E-state index in [0.717, 1.165) is 54.3 Å². The predicted molar refractivity (Wildman–Crippen MR) is 122 cm³/mol. The molecule has 0 amide bonds. The largest absolute Gasteiger partial charge is 0.489 e. The number of benzene rings is 2. The average molecular weight is 473 g/mol. The Balaban J connectivity index is 1.37. The van der Waals surface area contributed by atoms with Gasteiger partial charge in [-0.2, -0.15) is 13.2 Å². The number of fused-ring (bicyclic) bond motifs is 3. The molecule has 1 aliphatic carbocycles. The Hall–Kier alpha value is -3.00. The molecular formula is C26H27F3N2O3. The van der Waals surface area contributed by atoms with Crippen molar-refractivity contribution < 1.29 is 27.8 Å². The summed E-state index contributed by atoms with van der Waals surface area (Å²) in [6.07, 6.45) is -0.0757. The zero-order valence-electron chi connectivity index (χ0n) is 18.7. The standard InChI is InChI=1S/C26H27F3N2O3/c27-26(28,29)21-11-15(5-7-18(21)16-3-1-2-4-16)14-34-17-6-8-22-20(12-17)19-9-10-30-23(13-24(32)33)25(19)31-22/h5-8,11-12,16,23,30-31H,1-4,9-10,13-14H2,(H,32,33)/t23-/m0/s1. The Kier molecular flexibility index (Phi) is 6.02. The van der Waals surface area contributed by atoms with Gasteiger partial charge in [-0.3, -0.25) is 4.79 Å². The smallest absolute Gasteiger partial charge is 0.416 e. The third kappa shape index (κ3) is 4.51. The third-order valence-electron chi connectivity index (χ3n) is 7.03. The molecular weight excluding hydrogens is 445 g/mol. The highest BCUT2D eigenvalue weighted by Gasteiger charge is 2.36. The SMILES string of the molecule is O=C(O)C[C@@H]1NCCc2c1[nH]c1ccc(OCc3ccc(C4CCCC4)c(C(F)(F)F)c3)cc21. The number of carboxylic acid groups (broad SMARTS) is 1. The number of H-pyrrole nitrogens is 1. The molecule has 2 aliphatic rings. The normalized spacial score (nSPS) is 18.9. The second-order valence-electron chi connectivity index (χ2n) is 9.27. The molecule has 1 atom stereocenters. The lowest BCUT2D eigenvalue weighted by atomic mass is 9.91. The Morgan fingerprint density at radius 1 is 1.12 bits per heavy atom. The first-order valence-electron chi connectivity index (χ1n) is 11.7. The maximum Gasteiger partial charge on any atom is 0.416 e. The summed E-state index contributed by atoms with van der Waals surface area (Å²) in [5.41, 5.74) is 3.16. The van der Waals surface area contributed by atoms with E-state index >= 15 is 0 Å². The van der Waals surface area contributed by atoms with Crippen LogP contribution in [-0.4, -0.2) is 22.6 Å². The molecule has 2 heterocycles. The van der Waals surface area contributed by atoms with E-state index in [9.17, 15) is 23.1 Å². The summed E-state index contributed by atoms with van der Waals surface area (Å²) in [4.78, 5) is 14.5. The number of ether oxygens (including phenoxy) is 1. The van der Waals surface area contributed by atoms with Gasteiger partial charge in [0, 0.05) is 16.6 Å². The quantitative estimate of drug-likeness (QED) is 0.406. The molecule has 1 fully saturated rings. The summed E-state index contributed by atoms with van der Waals surface area (Å²) in [5, 5.41) is 13.4. The number of aromatic nitrogens is 1. The number of halogens is 3. The Morgan fingerprint density at radius 2 is 1.91 bits per heavy atom. The lowest BCUT2D eigenvalue weighted by Crippen LogP contribution is -2.31. The van der Waals surface area contributed by atoms with Gasteiger partial charge >= 0.3 is 12.1 Å². The van der Waals surface area contributed by atoms with Crippen LogP contribution in [-0.2, 0) is 24.0 Å². The number of alkyl halides is 3. The minimum atomic E-state index is -4.39. The number of hydrogen-bond acceptors (Lipinski definition) is 3. The molecule has 0 radical (unpaired) electrons. The lowest BCUT2D eigenvalue weighted by Gasteiger charge is -2.22.